The number of nitrogens with two attached hydrogens (primary N) is 1. The Balaban J connectivity index is 1.65. The van der Waals surface area contributed by atoms with Gasteiger partial charge in [-0.3, -0.25) is 10.1 Å². The number of anilines is 1. The van der Waals surface area contributed by atoms with Crippen LogP contribution in [0.5, 0.6) is 0 Å². The average Bonchev–Trinajstić information content (AvgIpc) is 2.97. The number of nitrogens with zero attached hydrogens (tertiary/aromatic N) is 2. The van der Waals surface area contributed by atoms with Gasteiger partial charge in [0.1, 0.15) is 36.7 Å². The fraction of sp³-hybridized carbons (Fsp3) is 0.379. The quantitative estimate of drug-likeness (QED) is 0.219. The first-order valence-electron chi connectivity index (χ1n) is 13.4. The maximum Gasteiger partial charge on any atom is 0.412 e. The van der Waals surface area contributed by atoms with Crippen LogP contribution in [-0.4, -0.2) is 71.5 Å². The molecule has 11 nitrogen and oxygen atoms in total. The van der Waals surface area contributed by atoms with Gasteiger partial charge in [-0.25, -0.2) is 23.4 Å². The molecule has 2 aromatic carbocycles. The number of pyridine rings is 1. The minimum absolute atomic E-state index is 0.102. The summed E-state index contributed by atoms with van der Waals surface area (Å²) in [5.41, 5.74) is 6.12. The summed E-state index contributed by atoms with van der Waals surface area (Å²) < 4.78 is 37.8. The van der Waals surface area contributed by atoms with E-state index in [4.69, 9.17) is 26.8 Å². The zero-order valence-electron chi connectivity index (χ0n) is 23.9. The average molecular weight is 622 g/mol. The molecule has 0 aliphatic carbocycles. The molecule has 14 heteroatoms. The molecule has 0 bridgehead atoms. The molecule has 3 amide bonds. The second kappa shape index (κ2) is 15.4. The van der Waals surface area contributed by atoms with Gasteiger partial charge in [-0.05, 0) is 47.2 Å². The zero-order valence-corrected chi connectivity index (χ0v) is 24.6. The fourth-order valence-electron chi connectivity index (χ4n) is 3.91. The zero-order chi connectivity index (χ0) is 31.7. The highest BCUT2D eigenvalue weighted by atomic mass is 35.5. The number of aliphatic hydroxyl groups excluding tert-OH is 1. The molecule has 3 rings (SSSR count). The number of ether oxygens (including phenoxy) is 2. The molecule has 1 aromatic heterocycles. The lowest BCUT2D eigenvalue weighted by molar-refractivity contribution is -0.149. The topological polar surface area (TPSA) is 156 Å². The van der Waals surface area contributed by atoms with E-state index in [9.17, 15) is 28.3 Å². The Morgan fingerprint density at radius 2 is 1.84 bits per heavy atom. The van der Waals surface area contributed by atoms with Crippen LogP contribution in [0.1, 0.15) is 25.8 Å². The number of hydrogen-bond donors (Lipinski definition) is 4. The number of amides is 3. The number of rotatable bonds is 12. The Labute approximate surface area is 252 Å². The van der Waals surface area contributed by atoms with Crippen LogP contribution in [0.3, 0.4) is 0 Å². The number of hydrogen-bond acceptors (Lipinski definition) is 8. The Morgan fingerprint density at radius 3 is 2.56 bits per heavy atom. The molecule has 1 heterocycles. The maximum atomic E-state index is 13.8. The molecule has 43 heavy (non-hydrogen) atoms. The largest absolute Gasteiger partial charge is 0.462 e. The van der Waals surface area contributed by atoms with Crippen molar-refractivity contribution in [2.45, 2.75) is 45.0 Å². The first-order chi connectivity index (χ1) is 20.3. The van der Waals surface area contributed by atoms with Crippen LogP contribution in [0.15, 0.2) is 48.7 Å². The van der Waals surface area contributed by atoms with Gasteiger partial charge < -0.3 is 30.5 Å². The number of carbonyl (C=O) groups excluding carboxylic acids is 3. The Bertz CT molecular complexity index is 1450. The van der Waals surface area contributed by atoms with E-state index in [1.54, 1.807) is 26.0 Å². The first kappa shape index (κ1) is 33.4. The third-order valence-electron chi connectivity index (χ3n) is 6.60. The van der Waals surface area contributed by atoms with E-state index in [-0.39, 0.29) is 36.3 Å². The third-order valence-corrected chi connectivity index (χ3v) is 7.03. The van der Waals surface area contributed by atoms with Crippen molar-refractivity contribution in [3.05, 3.63) is 70.9 Å². The predicted molar refractivity (Wildman–Crippen MR) is 156 cm³/mol. The number of aliphatic hydroxyl groups is 1. The Hall–Kier alpha value is -4.07. The number of fused-ring (bicyclic) bond motifs is 1. The van der Waals surface area contributed by atoms with Gasteiger partial charge in [-0.1, -0.05) is 37.6 Å². The highest BCUT2D eigenvalue weighted by Crippen LogP contribution is 2.20. The summed E-state index contributed by atoms with van der Waals surface area (Å²) in [5, 5.41) is 16.7. The summed E-state index contributed by atoms with van der Waals surface area (Å²) in [7, 11) is 1.40. The molecule has 3 atom stereocenters. The summed E-state index contributed by atoms with van der Waals surface area (Å²) in [4.78, 5) is 42.9. The van der Waals surface area contributed by atoms with Crippen molar-refractivity contribution in [1.29, 1.82) is 0 Å². The van der Waals surface area contributed by atoms with Crippen molar-refractivity contribution < 1.29 is 37.7 Å². The van der Waals surface area contributed by atoms with Gasteiger partial charge in [0.15, 0.2) is 0 Å². The van der Waals surface area contributed by atoms with Crippen molar-refractivity contribution in [2.75, 3.05) is 25.6 Å². The Morgan fingerprint density at radius 1 is 1.09 bits per heavy atom. The predicted octanol–water partition coefficient (Wildman–Crippen LogP) is 4.20. The summed E-state index contributed by atoms with van der Waals surface area (Å²) in [6.07, 6.45) is -0.864. The van der Waals surface area contributed by atoms with E-state index in [1.165, 1.54) is 48.5 Å². The minimum Gasteiger partial charge on any atom is -0.462 e. The van der Waals surface area contributed by atoms with E-state index >= 15 is 0 Å². The molecular formula is C29H34ClF2N5O6. The van der Waals surface area contributed by atoms with Crippen molar-refractivity contribution in [3.63, 3.8) is 0 Å². The van der Waals surface area contributed by atoms with E-state index in [1.807, 2.05) is 0 Å². The lowest BCUT2D eigenvalue weighted by Crippen LogP contribution is -2.47. The maximum absolute atomic E-state index is 13.8. The van der Waals surface area contributed by atoms with Crippen molar-refractivity contribution in [1.82, 2.24) is 15.2 Å². The molecule has 0 fully saturated rings. The van der Waals surface area contributed by atoms with Gasteiger partial charge in [0.2, 0.25) is 0 Å². The lowest BCUT2D eigenvalue weighted by Gasteiger charge is -2.29. The van der Waals surface area contributed by atoms with Crippen molar-refractivity contribution in [3.8, 4) is 0 Å². The highest BCUT2D eigenvalue weighted by Gasteiger charge is 2.27. The molecule has 0 aliphatic rings. The van der Waals surface area contributed by atoms with Crippen LogP contribution in [0.2, 0.25) is 5.02 Å². The number of aromatic nitrogens is 1. The molecule has 1 unspecified atom stereocenters. The number of likely N-dealkylation sites (N-methyl/N-ethyl adjacent to an activating group) is 1. The minimum atomic E-state index is -1.25. The molecular weight excluding hydrogens is 588 g/mol. The van der Waals surface area contributed by atoms with E-state index in [0.29, 0.717) is 16.3 Å². The van der Waals surface area contributed by atoms with Crippen molar-refractivity contribution in [2.24, 2.45) is 11.7 Å². The van der Waals surface area contributed by atoms with E-state index < -0.39 is 54.5 Å². The molecule has 5 N–H and O–H groups in total. The van der Waals surface area contributed by atoms with Crippen LogP contribution < -0.4 is 16.4 Å². The number of esters is 1. The van der Waals surface area contributed by atoms with Crippen LogP contribution in [0.25, 0.3) is 10.8 Å². The molecule has 232 valence electrons. The third kappa shape index (κ3) is 9.73. The standard InChI is InChI=1S/C29H34ClF2N5O6/c1-16(2)26(33)27(39)42-15-22(38)11-21(37(3)28(40)35-13-18-5-4-6-23(32)25(18)30)14-43-29(41)36-24-10-19-9-20(31)8-7-17(19)12-34-24/h4-10,12,16,21-22,26,38H,11,13-15,33H2,1-3H3,(H,35,40)(H,34,36,41)/t21-,22?,26+/m0/s1. The lowest BCUT2D eigenvalue weighted by atomic mass is 10.1. The fourth-order valence-corrected chi connectivity index (χ4v) is 4.10. The van der Waals surface area contributed by atoms with Gasteiger partial charge in [-0.2, -0.15) is 0 Å². The van der Waals surface area contributed by atoms with Crippen LogP contribution in [-0.2, 0) is 20.8 Å². The van der Waals surface area contributed by atoms with Crippen LogP contribution >= 0.6 is 11.6 Å². The van der Waals surface area contributed by atoms with Gasteiger partial charge in [0.25, 0.3) is 0 Å². The second-order valence-electron chi connectivity index (χ2n) is 10.2. The molecule has 0 aliphatic heterocycles. The highest BCUT2D eigenvalue weighted by molar-refractivity contribution is 6.31. The number of carbonyl (C=O) groups is 3. The molecule has 0 saturated carbocycles. The summed E-state index contributed by atoms with van der Waals surface area (Å²) in [6.45, 7) is 2.60. The second-order valence-corrected chi connectivity index (χ2v) is 10.6. The van der Waals surface area contributed by atoms with Crippen molar-refractivity contribution >= 4 is 46.3 Å². The monoisotopic (exact) mass is 621 g/mol. The first-order valence-corrected chi connectivity index (χ1v) is 13.8. The number of benzene rings is 2. The van der Waals surface area contributed by atoms with Crippen LogP contribution in [0, 0.1) is 17.6 Å². The summed E-state index contributed by atoms with van der Waals surface area (Å²) in [6, 6.07) is 7.36. The van der Waals surface area contributed by atoms with E-state index in [0.717, 1.165) is 0 Å². The normalized spacial score (nSPS) is 13.2. The van der Waals surface area contributed by atoms with E-state index in [2.05, 4.69) is 15.6 Å². The molecule has 0 saturated heterocycles. The smallest absolute Gasteiger partial charge is 0.412 e. The number of urea groups is 1. The molecule has 0 radical (unpaired) electrons. The Kier molecular flexibility index (Phi) is 12.0. The number of halogens is 3. The molecule has 3 aromatic rings. The van der Waals surface area contributed by atoms with Gasteiger partial charge in [0, 0.05) is 31.6 Å². The van der Waals surface area contributed by atoms with Gasteiger partial charge in [-0.15, -0.1) is 0 Å². The summed E-state index contributed by atoms with van der Waals surface area (Å²) >= 11 is 5.97. The van der Waals surface area contributed by atoms with Gasteiger partial charge >= 0.3 is 18.1 Å². The summed E-state index contributed by atoms with van der Waals surface area (Å²) in [5.74, 6) is -1.86. The van der Waals surface area contributed by atoms with Crippen LogP contribution in [0.4, 0.5) is 24.2 Å². The van der Waals surface area contributed by atoms with Gasteiger partial charge in [0.05, 0.1) is 17.2 Å². The SMILES string of the molecule is CC(C)[C@@H](N)C(=O)OCC(O)C[C@@H](COC(=O)Nc1cc2cc(F)ccc2cn1)N(C)C(=O)NCc1cccc(F)c1Cl. The number of nitrogens with one attached hydrogen (secondary N) is 2. The molecule has 0 spiro atoms.